The zero-order chi connectivity index (χ0) is 17.2. The van der Waals surface area contributed by atoms with Gasteiger partial charge in [-0.3, -0.25) is 4.98 Å². The third-order valence-corrected chi connectivity index (χ3v) is 4.68. The molecule has 25 heavy (non-hydrogen) atoms. The maximum Gasteiger partial charge on any atom is 0.407 e. The lowest BCUT2D eigenvalue weighted by Crippen LogP contribution is -2.29. The highest BCUT2D eigenvalue weighted by Crippen LogP contribution is 2.33. The van der Waals surface area contributed by atoms with E-state index in [0.29, 0.717) is 13.1 Å². The van der Waals surface area contributed by atoms with Crippen LogP contribution in [-0.4, -0.2) is 40.3 Å². The number of carbonyl (C=O) groups is 1. The summed E-state index contributed by atoms with van der Waals surface area (Å²) in [5.41, 5.74) is 1.10. The van der Waals surface area contributed by atoms with Crippen molar-refractivity contribution in [3.8, 4) is 5.75 Å². The Morgan fingerprint density at radius 2 is 1.92 bits per heavy atom. The number of fused-ring (bicyclic) bond motifs is 1. The van der Waals surface area contributed by atoms with Crippen LogP contribution in [0.25, 0.3) is 10.8 Å². The number of amides is 1. The summed E-state index contributed by atoms with van der Waals surface area (Å²) in [6.07, 6.45) is 2.41. The molecule has 0 radical (unpaired) electrons. The molecular weight excluding hydrogens is 316 g/mol. The van der Waals surface area contributed by atoms with Crippen molar-refractivity contribution in [2.45, 2.75) is 12.0 Å². The zero-order valence-electron chi connectivity index (χ0n) is 13.6. The third-order valence-electron chi connectivity index (χ3n) is 4.68. The van der Waals surface area contributed by atoms with E-state index in [4.69, 9.17) is 4.74 Å². The lowest BCUT2D eigenvalue weighted by molar-refractivity contribution is 0.145. The van der Waals surface area contributed by atoms with Crippen molar-refractivity contribution < 1.29 is 14.6 Å². The lowest BCUT2D eigenvalue weighted by atomic mass is 9.96. The van der Waals surface area contributed by atoms with E-state index in [0.717, 1.165) is 22.1 Å². The maximum atomic E-state index is 11.5. The van der Waals surface area contributed by atoms with Gasteiger partial charge in [-0.05, 0) is 17.7 Å². The Balaban J connectivity index is 1.67. The van der Waals surface area contributed by atoms with Gasteiger partial charge in [0.1, 0.15) is 11.9 Å². The molecule has 0 saturated carbocycles. The molecule has 5 heteroatoms. The molecule has 1 saturated heterocycles. The number of pyridine rings is 1. The Kier molecular flexibility index (Phi) is 3.98. The number of ether oxygens (including phenoxy) is 1. The van der Waals surface area contributed by atoms with Crippen LogP contribution >= 0.6 is 0 Å². The highest BCUT2D eigenvalue weighted by atomic mass is 16.5. The van der Waals surface area contributed by atoms with E-state index < -0.39 is 6.09 Å². The van der Waals surface area contributed by atoms with Gasteiger partial charge in [0.2, 0.25) is 0 Å². The van der Waals surface area contributed by atoms with E-state index in [1.165, 1.54) is 4.90 Å². The van der Waals surface area contributed by atoms with Crippen molar-refractivity contribution in [3.63, 3.8) is 0 Å². The minimum Gasteiger partial charge on any atom is -0.487 e. The van der Waals surface area contributed by atoms with Gasteiger partial charge in [0.05, 0.1) is 6.54 Å². The molecule has 1 fully saturated rings. The highest BCUT2D eigenvalue weighted by Gasteiger charge is 2.38. The van der Waals surface area contributed by atoms with Crippen LogP contribution in [0.5, 0.6) is 5.75 Å². The normalized spacial score (nSPS) is 19.9. The minimum absolute atomic E-state index is 0.00870. The molecule has 1 N–H and O–H groups in total. The lowest BCUT2D eigenvalue weighted by Gasteiger charge is -2.21. The fourth-order valence-corrected chi connectivity index (χ4v) is 3.43. The van der Waals surface area contributed by atoms with Crippen LogP contribution in [0.2, 0.25) is 0 Å². The van der Waals surface area contributed by atoms with Crippen molar-refractivity contribution in [1.29, 1.82) is 0 Å². The van der Waals surface area contributed by atoms with Gasteiger partial charge in [0.25, 0.3) is 0 Å². The number of aromatic nitrogens is 1. The smallest absolute Gasteiger partial charge is 0.407 e. The summed E-state index contributed by atoms with van der Waals surface area (Å²) in [6, 6.07) is 17.7. The van der Waals surface area contributed by atoms with Crippen molar-refractivity contribution in [2.75, 3.05) is 13.1 Å². The van der Waals surface area contributed by atoms with Gasteiger partial charge < -0.3 is 14.7 Å². The summed E-state index contributed by atoms with van der Waals surface area (Å²) in [4.78, 5) is 17.0. The van der Waals surface area contributed by atoms with Crippen molar-refractivity contribution in [3.05, 3.63) is 72.6 Å². The maximum absolute atomic E-state index is 11.5. The molecule has 2 heterocycles. The highest BCUT2D eigenvalue weighted by molar-refractivity contribution is 5.87. The number of hydrogen-bond acceptors (Lipinski definition) is 3. The molecule has 2 atom stereocenters. The second kappa shape index (κ2) is 6.43. The molecule has 1 aliphatic heterocycles. The molecule has 1 amide bonds. The first-order chi connectivity index (χ1) is 12.2. The fourth-order valence-electron chi connectivity index (χ4n) is 3.43. The predicted octanol–water partition coefficient (Wildman–Crippen LogP) is 3.76. The SMILES string of the molecule is O=C(O)N1C[C@H](Oc2cccc3cnccc23)[C@@H](c2ccccc2)C1. The van der Waals surface area contributed by atoms with E-state index in [1.54, 1.807) is 12.4 Å². The van der Waals surface area contributed by atoms with Crippen LogP contribution in [-0.2, 0) is 0 Å². The molecule has 2 aromatic carbocycles. The van der Waals surface area contributed by atoms with E-state index in [2.05, 4.69) is 4.98 Å². The van der Waals surface area contributed by atoms with E-state index in [1.807, 2.05) is 54.6 Å². The monoisotopic (exact) mass is 334 g/mol. The number of hydrogen-bond donors (Lipinski definition) is 1. The summed E-state index contributed by atoms with van der Waals surface area (Å²) in [5, 5.41) is 11.4. The van der Waals surface area contributed by atoms with Gasteiger partial charge in [-0.1, -0.05) is 42.5 Å². The Morgan fingerprint density at radius 3 is 2.72 bits per heavy atom. The Morgan fingerprint density at radius 1 is 1.08 bits per heavy atom. The van der Waals surface area contributed by atoms with E-state index >= 15 is 0 Å². The molecule has 1 aromatic heterocycles. The Labute approximate surface area is 145 Å². The largest absolute Gasteiger partial charge is 0.487 e. The van der Waals surface area contributed by atoms with Crippen molar-refractivity contribution in [2.24, 2.45) is 0 Å². The van der Waals surface area contributed by atoms with Gasteiger partial charge in [0, 0.05) is 35.6 Å². The van der Waals surface area contributed by atoms with Crippen molar-refractivity contribution >= 4 is 16.9 Å². The summed E-state index contributed by atoms with van der Waals surface area (Å²) < 4.78 is 6.30. The first-order valence-corrected chi connectivity index (χ1v) is 8.24. The molecule has 5 nitrogen and oxygen atoms in total. The first kappa shape index (κ1) is 15.4. The van der Waals surface area contributed by atoms with Gasteiger partial charge in [-0.15, -0.1) is 0 Å². The molecule has 126 valence electrons. The van der Waals surface area contributed by atoms with E-state index in [-0.39, 0.29) is 12.0 Å². The molecule has 4 rings (SSSR count). The number of benzene rings is 2. The van der Waals surface area contributed by atoms with Gasteiger partial charge in [-0.2, -0.15) is 0 Å². The number of carboxylic acid groups (broad SMARTS) is 1. The molecule has 0 unspecified atom stereocenters. The third kappa shape index (κ3) is 3.01. The summed E-state index contributed by atoms with van der Waals surface area (Å²) in [7, 11) is 0. The van der Waals surface area contributed by atoms with Crippen LogP contribution in [0.4, 0.5) is 4.79 Å². The minimum atomic E-state index is -0.908. The fraction of sp³-hybridized carbons (Fsp3) is 0.200. The van der Waals surface area contributed by atoms with Crippen LogP contribution in [0.3, 0.4) is 0 Å². The first-order valence-electron chi connectivity index (χ1n) is 8.24. The quantitative estimate of drug-likeness (QED) is 0.792. The molecule has 0 aliphatic carbocycles. The van der Waals surface area contributed by atoms with E-state index in [9.17, 15) is 9.90 Å². The van der Waals surface area contributed by atoms with Gasteiger partial charge in [0.15, 0.2) is 0 Å². The number of rotatable bonds is 3. The second-order valence-electron chi connectivity index (χ2n) is 6.21. The number of nitrogens with zero attached hydrogens (tertiary/aromatic N) is 2. The molecular formula is C20H18N2O3. The summed E-state index contributed by atoms with van der Waals surface area (Å²) >= 11 is 0. The standard InChI is InChI=1S/C20H18N2O3/c23-20(24)22-12-17(14-5-2-1-3-6-14)19(13-22)25-18-8-4-7-15-11-21-10-9-16(15)18/h1-11,17,19H,12-13H2,(H,23,24)/t17-,19+/m1/s1. The van der Waals surface area contributed by atoms with Gasteiger partial charge in [-0.25, -0.2) is 4.79 Å². The van der Waals surface area contributed by atoms with Gasteiger partial charge >= 0.3 is 6.09 Å². The average Bonchev–Trinajstić information content (AvgIpc) is 3.07. The topological polar surface area (TPSA) is 62.7 Å². The van der Waals surface area contributed by atoms with Crippen LogP contribution < -0.4 is 4.74 Å². The zero-order valence-corrected chi connectivity index (χ0v) is 13.6. The van der Waals surface area contributed by atoms with Crippen LogP contribution in [0.15, 0.2) is 67.0 Å². The average molecular weight is 334 g/mol. The van der Waals surface area contributed by atoms with Crippen LogP contribution in [0.1, 0.15) is 11.5 Å². The molecule has 3 aromatic rings. The van der Waals surface area contributed by atoms with Crippen molar-refractivity contribution in [1.82, 2.24) is 9.88 Å². The Bertz CT molecular complexity index is 892. The predicted molar refractivity (Wildman–Crippen MR) is 94.9 cm³/mol. The second-order valence-corrected chi connectivity index (χ2v) is 6.21. The molecule has 0 spiro atoms. The molecule has 0 bridgehead atoms. The molecule has 1 aliphatic rings. The van der Waals surface area contributed by atoms with Crippen LogP contribution in [0, 0.1) is 0 Å². The number of likely N-dealkylation sites (tertiary alicyclic amines) is 1. The summed E-state index contributed by atoms with van der Waals surface area (Å²) in [6.45, 7) is 0.798. The Hall–Kier alpha value is -3.08. The summed E-state index contributed by atoms with van der Waals surface area (Å²) in [5.74, 6) is 0.771.